The van der Waals surface area contributed by atoms with Crippen LogP contribution in [0.4, 0.5) is 5.69 Å². The minimum absolute atomic E-state index is 0.0830. The summed E-state index contributed by atoms with van der Waals surface area (Å²) in [7, 11) is 0. The lowest BCUT2D eigenvalue weighted by molar-refractivity contribution is 0.325. The zero-order valence-electron chi connectivity index (χ0n) is 12.1. The molecule has 1 aliphatic heterocycles. The first-order valence-electron chi connectivity index (χ1n) is 7.03. The molecule has 1 unspecified atom stereocenters. The summed E-state index contributed by atoms with van der Waals surface area (Å²) in [6, 6.07) is 11.3. The maximum Gasteiger partial charge on any atom is 0.0638 e. The van der Waals surface area contributed by atoms with Gasteiger partial charge in [0.05, 0.1) is 12.5 Å². The fourth-order valence-corrected chi connectivity index (χ4v) is 2.63. The molecule has 0 bridgehead atoms. The molecule has 1 N–H and O–H groups in total. The molecule has 1 saturated heterocycles. The van der Waals surface area contributed by atoms with Crippen LogP contribution in [0.15, 0.2) is 24.3 Å². The highest BCUT2D eigenvalue weighted by Gasteiger charge is 2.33. The summed E-state index contributed by atoms with van der Waals surface area (Å²) in [4.78, 5) is 2.42. The highest BCUT2D eigenvalue weighted by molar-refractivity contribution is 5.51. The third kappa shape index (κ3) is 3.08. The molecule has 1 aliphatic rings. The largest absolute Gasteiger partial charge is 0.364 e. The second kappa shape index (κ2) is 5.63. The van der Waals surface area contributed by atoms with Gasteiger partial charge >= 0.3 is 0 Å². The van der Waals surface area contributed by atoms with Crippen LogP contribution in [-0.4, -0.2) is 24.7 Å². The van der Waals surface area contributed by atoms with Gasteiger partial charge in [-0.25, -0.2) is 0 Å². The van der Waals surface area contributed by atoms with Crippen LogP contribution in [0.25, 0.3) is 0 Å². The van der Waals surface area contributed by atoms with Crippen molar-refractivity contribution < 1.29 is 0 Å². The Bertz CT molecular complexity index is 456. The summed E-state index contributed by atoms with van der Waals surface area (Å²) >= 11 is 0. The molecule has 0 radical (unpaired) electrons. The number of piperazine rings is 1. The van der Waals surface area contributed by atoms with E-state index in [2.05, 4.69) is 61.3 Å². The molecular weight excluding hydrogens is 234 g/mol. The number of hydrogen-bond donors (Lipinski definition) is 1. The van der Waals surface area contributed by atoms with Crippen LogP contribution in [0.3, 0.4) is 0 Å². The molecule has 2 rings (SSSR count). The molecule has 102 valence electrons. The van der Waals surface area contributed by atoms with Gasteiger partial charge in [0.1, 0.15) is 0 Å². The lowest BCUT2D eigenvalue weighted by Crippen LogP contribution is -2.62. The standard InChI is InChI=1S/C16H23N3/c1-4-13-5-7-15(8-6-13)19-11-14(9-10-17)18-12-16(19,2)3/h5-8,14,18H,4,9,11-12H2,1-3H3. The van der Waals surface area contributed by atoms with Crippen LogP contribution >= 0.6 is 0 Å². The maximum atomic E-state index is 8.87. The fourth-order valence-electron chi connectivity index (χ4n) is 2.63. The summed E-state index contributed by atoms with van der Waals surface area (Å²) < 4.78 is 0. The van der Waals surface area contributed by atoms with Gasteiger partial charge < -0.3 is 10.2 Å². The van der Waals surface area contributed by atoms with Gasteiger partial charge in [-0.1, -0.05) is 19.1 Å². The Morgan fingerprint density at radius 1 is 1.37 bits per heavy atom. The molecule has 0 amide bonds. The Morgan fingerprint density at radius 3 is 2.63 bits per heavy atom. The number of benzene rings is 1. The molecular formula is C16H23N3. The topological polar surface area (TPSA) is 39.1 Å². The highest BCUT2D eigenvalue weighted by Crippen LogP contribution is 2.27. The van der Waals surface area contributed by atoms with Crippen molar-refractivity contribution in [3.8, 4) is 6.07 Å². The molecule has 0 saturated carbocycles. The predicted molar refractivity (Wildman–Crippen MR) is 79.3 cm³/mol. The fraction of sp³-hybridized carbons (Fsp3) is 0.562. The SMILES string of the molecule is CCc1ccc(N2CC(CC#N)NCC2(C)C)cc1. The second-order valence-corrected chi connectivity index (χ2v) is 5.88. The van der Waals surface area contributed by atoms with Gasteiger partial charge in [-0.2, -0.15) is 5.26 Å². The average Bonchev–Trinajstić information content (AvgIpc) is 2.41. The number of rotatable bonds is 3. The Balaban J connectivity index is 2.20. The van der Waals surface area contributed by atoms with E-state index in [-0.39, 0.29) is 11.6 Å². The Kier molecular flexibility index (Phi) is 4.11. The number of aryl methyl sites for hydroxylation is 1. The van der Waals surface area contributed by atoms with Gasteiger partial charge in [-0.05, 0) is 38.0 Å². The molecule has 1 fully saturated rings. The smallest absolute Gasteiger partial charge is 0.0638 e. The van der Waals surface area contributed by atoms with Crippen molar-refractivity contribution in [3.63, 3.8) is 0 Å². The van der Waals surface area contributed by atoms with Crippen LogP contribution in [0.5, 0.6) is 0 Å². The maximum absolute atomic E-state index is 8.87. The Morgan fingerprint density at radius 2 is 2.05 bits per heavy atom. The van der Waals surface area contributed by atoms with Crippen LogP contribution in [0.1, 0.15) is 32.8 Å². The summed E-state index contributed by atoms with van der Waals surface area (Å²) in [5, 5.41) is 12.3. The monoisotopic (exact) mass is 257 g/mol. The third-order valence-electron chi connectivity index (χ3n) is 3.95. The highest BCUT2D eigenvalue weighted by atomic mass is 15.3. The van der Waals surface area contributed by atoms with Crippen LogP contribution < -0.4 is 10.2 Å². The zero-order chi connectivity index (χ0) is 13.9. The van der Waals surface area contributed by atoms with Gasteiger partial charge in [0.15, 0.2) is 0 Å². The van der Waals surface area contributed by atoms with Gasteiger partial charge in [0.25, 0.3) is 0 Å². The van der Waals surface area contributed by atoms with Crippen molar-refractivity contribution in [2.45, 2.75) is 45.2 Å². The molecule has 3 nitrogen and oxygen atoms in total. The van der Waals surface area contributed by atoms with Gasteiger partial charge in [0, 0.05) is 30.4 Å². The Hall–Kier alpha value is -1.53. The summed E-state index contributed by atoms with van der Waals surface area (Å²) in [6.45, 7) is 8.47. The van der Waals surface area contributed by atoms with Crippen molar-refractivity contribution in [1.82, 2.24) is 5.32 Å². The van der Waals surface area contributed by atoms with Crippen molar-refractivity contribution >= 4 is 5.69 Å². The van der Waals surface area contributed by atoms with E-state index in [1.807, 2.05) is 0 Å². The lowest BCUT2D eigenvalue weighted by atomic mass is 9.95. The van der Waals surface area contributed by atoms with E-state index < -0.39 is 0 Å². The van der Waals surface area contributed by atoms with E-state index in [0.29, 0.717) is 6.42 Å². The van der Waals surface area contributed by atoms with E-state index in [0.717, 1.165) is 19.5 Å². The number of hydrogen-bond acceptors (Lipinski definition) is 3. The first-order valence-corrected chi connectivity index (χ1v) is 7.03. The van der Waals surface area contributed by atoms with Crippen molar-refractivity contribution in [3.05, 3.63) is 29.8 Å². The number of nitrogens with zero attached hydrogens (tertiary/aromatic N) is 2. The summed E-state index contributed by atoms with van der Waals surface area (Å²) in [6.07, 6.45) is 1.64. The van der Waals surface area contributed by atoms with E-state index in [9.17, 15) is 0 Å². The minimum Gasteiger partial charge on any atom is -0.364 e. The number of nitriles is 1. The third-order valence-corrected chi connectivity index (χ3v) is 3.95. The van der Waals surface area contributed by atoms with Crippen molar-refractivity contribution in [2.75, 3.05) is 18.0 Å². The molecule has 1 atom stereocenters. The van der Waals surface area contributed by atoms with E-state index in [1.54, 1.807) is 0 Å². The van der Waals surface area contributed by atoms with E-state index in [1.165, 1.54) is 11.3 Å². The molecule has 1 aromatic carbocycles. The average molecular weight is 257 g/mol. The molecule has 19 heavy (non-hydrogen) atoms. The van der Waals surface area contributed by atoms with Crippen molar-refractivity contribution in [1.29, 1.82) is 5.26 Å². The van der Waals surface area contributed by atoms with Crippen LogP contribution in [0, 0.1) is 11.3 Å². The van der Waals surface area contributed by atoms with Gasteiger partial charge in [-0.15, -0.1) is 0 Å². The Labute approximate surface area is 116 Å². The van der Waals surface area contributed by atoms with Gasteiger partial charge in [-0.3, -0.25) is 0 Å². The molecule has 1 heterocycles. The summed E-state index contributed by atoms with van der Waals surface area (Å²) in [5.74, 6) is 0. The molecule has 1 aromatic rings. The predicted octanol–water partition coefficient (Wildman–Crippen LogP) is 2.72. The molecule has 0 aromatic heterocycles. The molecule has 0 aliphatic carbocycles. The number of anilines is 1. The van der Waals surface area contributed by atoms with Crippen LogP contribution in [-0.2, 0) is 6.42 Å². The van der Waals surface area contributed by atoms with E-state index >= 15 is 0 Å². The van der Waals surface area contributed by atoms with E-state index in [4.69, 9.17) is 5.26 Å². The van der Waals surface area contributed by atoms with Gasteiger partial charge in [0.2, 0.25) is 0 Å². The number of nitrogens with one attached hydrogen (secondary N) is 1. The zero-order valence-corrected chi connectivity index (χ0v) is 12.1. The van der Waals surface area contributed by atoms with Crippen LogP contribution in [0.2, 0.25) is 0 Å². The van der Waals surface area contributed by atoms with Crippen molar-refractivity contribution in [2.24, 2.45) is 0 Å². The molecule has 3 heteroatoms. The first kappa shape index (κ1) is 13.9. The normalized spacial score (nSPS) is 22.0. The lowest BCUT2D eigenvalue weighted by Gasteiger charge is -2.47. The molecule has 0 spiro atoms. The minimum atomic E-state index is 0.0830. The second-order valence-electron chi connectivity index (χ2n) is 5.88. The summed E-state index contributed by atoms with van der Waals surface area (Å²) in [5.41, 5.74) is 2.71. The quantitative estimate of drug-likeness (QED) is 0.905. The first-order chi connectivity index (χ1) is 9.06.